The average molecular weight is 581 g/mol. The van der Waals surface area contributed by atoms with E-state index in [9.17, 15) is 9.59 Å². The van der Waals surface area contributed by atoms with Crippen LogP contribution in [0.25, 0.3) is 0 Å². The lowest BCUT2D eigenvalue weighted by molar-refractivity contribution is -0.145. The van der Waals surface area contributed by atoms with Crippen LogP contribution in [0.2, 0.25) is 0 Å². The first kappa shape index (κ1) is 25.3. The number of pyridine rings is 1. The van der Waals surface area contributed by atoms with Gasteiger partial charge in [0.2, 0.25) is 0 Å². The Morgan fingerprint density at radius 3 is 2.36 bits per heavy atom. The smallest absolute Gasteiger partial charge is 0.314 e. The summed E-state index contributed by atoms with van der Waals surface area (Å²) >= 11 is 2.14. The Hall–Kier alpha value is -2.30. The van der Waals surface area contributed by atoms with E-state index in [0.29, 0.717) is 42.4 Å². The molecule has 4 rings (SSSR count). The van der Waals surface area contributed by atoms with Crippen LogP contribution >= 0.6 is 28.4 Å². The molecule has 2 aromatic rings. The number of benzene rings is 1. The van der Waals surface area contributed by atoms with Gasteiger partial charge in [-0.3, -0.25) is 14.5 Å². The van der Waals surface area contributed by atoms with Crippen molar-refractivity contribution < 1.29 is 9.59 Å². The van der Waals surface area contributed by atoms with Crippen LogP contribution in [0.5, 0.6) is 0 Å². The summed E-state index contributed by atoms with van der Waals surface area (Å²) in [6.07, 6.45) is 5.24. The van der Waals surface area contributed by atoms with E-state index < -0.39 is 11.8 Å². The summed E-state index contributed by atoms with van der Waals surface area (Å²) in [5.74, 6) is -1.06. The number of rotatable bonds is 5. The standard InChI is InChI=1S/C16H23IN7O2P.C6H6/c1-9-8-23(4-5-24(9)10-2-3-10)16(26)15(25)21-12-7-20-14(19)11(6-18)13(12)22-27-17;1-2-4-6-5-3-1/h6-7,9-10,18,27H,2-5,8H2,1H3,(H,21,25)(H3,19,20,22);1-6H. The fourth-order valence-corrected chi connectivity index (χ4v) is 4.95. The van der Waals surface area contributed by atoms with Crippen LogP contribution in [0.4, 0.5) is 17.2 Å². The fourth-order valence-electron chi connectivity index (χ4n) is 3.77. The zero-order valence-corrected chi connectivity index (χ0v) is 21.6. The monoisotopic (exact) mass is 581 g/mol. The van der Waals surface area contributed by atoms with Crippen LogP contribution in [0.15, 0.2) is 42.6 Å². The number of halogens is 1. The minimum atomic E-state index is -0.704. The zero-order chi connectivity index (χ0) is 23.8. The molecule has 2 aliphatic rings. The van der Waals surface area contributed by atoms with Gasteiger partial charge in [-0.25, -0.2) is 4.98 Å². The lowest BCUT2D eigenvalue weighted by Crippen LogP contribution is -2.56. The van der Waals surface area contributed by atoms with Gasteiger partial charge in [0, 0.05) is 44.3 Å². The minimum absolute atomic E-state index is 0.191. The van der Waals surface area contributed by atoms with Crippen molar-refractivity contribution in [2.24, 2.45) is 0 Å². The summed E-state index contributed by atoms with van der Waals surface area (Å²) < 4.78 is 0. The number of hydrogen-bond donors (Lipinski definition) is 4. The second-order valence-corrected chi connectivity index (χ2v) is 9.94. The number of nitrogens with zero attached hydrogens (tertiary/aromatic N) is 3. The maximum Gasteiger partial charge on any atom is 0.314 e. The molecule has 2 atom stereocenters. The van der Waals surface area contributed by atoms with Gasteiger partial charge in [-0.2, -0.15) is 0 Å². The van der Waals surface area contributed by atoms with E-state index >= 15 is 0 Å². The van der Waals surface area contributed by atoms with E-state index in [2.05, 4.69) is 49.3 Å². The summed E-state index contributed by atoms with van der Waals surface area (Å²) in [4.78, 5) is 33.2. The number of carbonyl (C=O) groups excluding carboxylic acids is 2. The number of nitrogen functional groups attached to an aromatic ring is 1. The molecular formula is C22H29IN7O2P. The number of nitrogens with two attached hydrogens (primary N) is 1. The second kappa shape index (κ2) is 12.2. The third kappa shape index (κ3) is 6.84. The lowest BCUT2D eigenvalue weighted by Gasteiger charge is -2.39. The Labute approximate surface area is 208 Å². The number of anilines is 3. The van der Waals surface area contributed by atoms with Crippen molar-refractivity contribution >= 4 is 63.6 Å². The predicted octanol–water partition coefficient (Wildman–Crippen LogP) is 3.34. The molecule has 11 heteroatoms. The van der Waals surface area contributed by atoms with E-state index in [1.165, 1.54) is 19.0 Å². The third-order valence-electron chi connectivity index (χ3n) is 5.56. The molecule has 1 saturated heterocycles. The van der Waals surface area contributed by atoms with Gasteiger partial charge in [0.15, 0.2) is 0 Å². The lowest BCUT2D eigenvalue weighted by atomic mass is 10.1. The van der Waals surface area contributed by atoms with E-state index in [-0.39, 0.29) is 11.9 Å². The highest BCUT2D eigenvalue weighted by atomic mass is 127. The number of piperazine rings is 1. The molecule has 0 spiro atoms. The maximum atomic E-state index is 12.6. The minimum Gasteiger partial charge on any atom is -0.383 e. The summed E-state index contributed by atoms with van der Waals surface area (Å²) in [7, 11) is 0. The molecule has 1 aromatic heterocycles. The van der Waals surface area contributed by atoms with E-state index in [1.807, 2.05) is 36.4 Å². The summed E-state index contributed by atoms with van der Waals surface area (Å²) in [5.41, 5.74) is 7.03. The third-order valence-corrected chi connectivity index (χ3v) is 6.71. The molecular weight excluding hydrogens is 552 g/mol. The fraction of sp³-hybridized carbons (Fsp3) is 0.364. The summed E-state index contributed by atoms with van der Waals surface area (Å²) in [6, 6.07) is 12.9. The predicted molar refractivity (Wildman–Crippen MR) is 143 cm³/mol. The van der Waals surface area contributed by atoms with Gasteiger partial charge in [-0.1, -0.05) is 36.4 Å². The number of amides is 2. The van der Waals surface area contributed by atoms with Gasteiger partial charge in [-0.15, -0.1) is 0 Å². The van der Waals surface area contributed by atoms with Crippen molar-refractivity contribution in [3.05, 3.63) is 48.2 Å². The topological polar surface area (TPSA) is 127 Å². The van der Waals surface area contributed by atoms with Crippen molar-refractivity contribution in [2.75, 3.05) is 35.8 Å². The van der Waals surface area contributed by atoms with Crippen molar-refractivity contribution in [3.8, 4) is 0 Å². The van der Waals surface area contributed by atoms with Crippen LogP contribution in [0, 0.1) is 5.41 Å². The van der Waals surface area contributed by atoms with Gasteiger partial charge in [0.1, 0.15) is 5.82 Å². The number of aromatic nitrogens is 1. The Bertz CT molecular complexity index is 948. The second-order valence-electron chi connectivity index (χ2n) is 7.89. The number of hydrogen-bond acceptors (Lipinski definition) is 7. The molecule has 0 bridgehead atoms. The molecule has 2 heterocycles. The van der Waals surface area contributed by atoms with Gasteiger partial charge in [-0.05, 0) is 41.8 Å². The first-order chi connectivity index (χ1) is 16.0. The van der Waals surface area contributed by atoms with Crippen molar-refractivity contribution in [2.45, 2.75) is 31.8 Å². The molecule has 0 radical (unpaired) electrons. The molecule has 1 aliphatic carbocycles. The molecule has 1 aromatic carbocycles. The Morgan fingerprint density at radius 1 is 1.21 bits per heavy atom. The highest BCUT2D eigenvalue weighted by Crippen LogP contribution is 2.34. The molecule has 1 saturated carbocycles. The number of carbonyl (C=O) groups is 2. The normalized spacial score (nSPS) is 18.4. The SMILES string of the molecule is CC1CN(C(=O)C(=O)Nc2cnc(N)c(C=N)c2NPI)CCN1C1CC1.c1ccccc1. The van der Waals surface area contributed by atoms with Crippen LogP contribution in [-0.4, -0.2) is 64.5 Å². The molecule has 5 N–H and O–H groups in total. The molecule has 33 heavy (non-hydrogen) atoms. The van der Waals surface area contributed by atoms with E-state index in [0.717, 1.165) is 12.8 Å². The molecule has 9 nitrogen and oxygen atoms in total. The quantitative estimate of drug-likeness (QED) is 0.186. The van der Waals surface area contributed by atoms with Gasteiger partial charge >= 0.3 is 11.8 Å². The van der Waals surface area contributed by atoms with Crippen molar-refractivity contribution in [1.29, 1.82) is 5.41 Å². The first-order valence-corrected chi connectivity index (χ1v) is 14.8. The Kier molecular flexibility index (Phi) is 9.40. The maximum absolute atomic E-state index is 12.6. The van der Waals surface area contributed by atoms with Crippen LogP contribution in [-0.2, 0) is 9.59 Å². The molecule has 176 valence electrons. The molecule has 2 fully saturated rings. The number of nitrogens with one attached hydrogen (secondary N) is 3. The average Bonchev–Trinajstić information content (AvgIpc) is 3.67. The summed E-state index contributed by atoms with van der Waals surface area (Å²) in [6.45, 7) is 4.00. The highest BCUT2D eigenvalue weighted by Gasteiger charge is 2.37. The van der Waals surface area contributed by atoms with Crippen molar-refractivity contribution in [1.82, 2.24) is 14.8 Å². The van der Waals surface area contributed by atoms with Gasteiger partial charge in [0.05, 0.1) is 23.1 Å². The highest BCUT2D eigenvalue weighted by molar-refractivity contribution is 14.2. The molecule has 1 aliphatic heterocycles. The summed E-state index contributed by atoms with van der Waals surface area (Å²) in [5, 5.41) is 13.3. The first-order valence-electron chi connectivity index (χ1n) is 10.7. The van der Waals surface area contributed by atoms with Gasteiger partial charge < -0.3 is 26.4 Å². The van der Waals surface area contributed by atoms with Gasteiger partial charge in [0.25, 0.3) is 0 Å². The Balaban J connectivity index is 0.000000442. The van der Waals surface area contributed by atoms with Crippen LogP contribution in [0.3, 0.4) is 0 Å². The van der Waals surface area contributed by atoms with E-state index in [4.69, 9.17) is 11.1 Å². The zero-order valence-electron chi connectivity index (χ0n) is 18.4. The van der Waals surface area contributed by atoms with Crippen LogP contribution < -0.4 is 16.1 Å². The Morgan fingerprint density at radius 2 is 1.85 bits per heavy atom. The largest absolute Gasteiger partial charge is 0.383 e. The molecule has 2 unspecified atom stereocenters. The molecule has 2 amide bonds. The van der Waals surface area contributed by atoms with Crippen molar-refractivity contribution in [3.63, 3.8) is 0 Å². The van der Waals surface area contributed by atoms with Crippen LogP contribution in [0.1, 0.15) is 25.3 Å². The van der Waals surface area contributed by atoms with E-state index in [1.54, 1.807) is 4.90 Å².